The molecule has 0 fully saturated rings. The average molecular weight is 289 g/mol. The Hall–Kier alpha value is -1.91. The average Bonchev–Trinajstić information content (AvgIpc) is 2.46. The van der Waals surface area contributed by atoms with Crippen molar-refractivity contribution in [2.24, 2.45) is 5.73 Å². The SMILES string of the molecule is C[C@H](N)c1ccc(OCC(C)(O)c2ccccc2)cc1F. The second-order valence-corrected chi connectivity index (χ2v) is 5.40. The molecule has 21 heavy (non-hydrogen) atoms. The summed E-state index contributed by atoms with van der Waals surface area (Å²) >= 11 is 0. The normalized spacial score (nSPS) is 15.3. The van der Waals surface area contributed by atoms with Gasteiger partial charge in [0.2, 0.25) is 0 Å². The molecule has 3 N–H and O–H groups in total. The molecule has 0 aliphatic carbocycles. The van der Waals surface area contributed by atoms with Gasteiger partial charge < -0.3 is 15.6 Å². The Bertz CT molecular complexity index is 597. The number of rotatable bonds is 5. The van der Waals surface area contributed by atoms with Crippen LogP contribution in [0, 0.1) is 5.82 Å². The van der Waals surface area contributed by atoms with Crippen molar-refractivity contribution in [3.63, 3.8) is 0 Å². The van der Waals surface area contributed by atoms with Crippen LogP contribution >= 0.6 is 0 Å². The zero-order valence-electron chi connectivity index (χ0n) is 12.2. The van der Waals surface area contributed by atoms with E-state index < -0.39 is 11.4 Å². The lowest BCUT2D eigenvalue weighted by atomic mass is 9.97. The summed E-state index contributed by atoms with van der Waals surface area (Å²) in [7, 11) is 0. The van der Waals surface area contributed by atoms with Crippen molar-refractivity contribution in [3.05, 3.63) is 65.5 Å². The summed E-state index contributed by atoms with van der Waals surface area (Å²) in [4.78, 5) is 0. The predicted octanol–water partition coefficient (Wildman–Crippen LogP) is 3.13. The Morgan fingerprint density at radius 3 is 2.48 bits per heavy atom. The summed E-state index contributed by atoms with van der Waals surface area (Å²) in [5.74, 6) is -0.0324. The highest BCUT2D eigenvalue weighted by atomic mass is 19.1. The fourth-order valence-corrected chi connectivity index (χ4v) is 2.07. The van der Waals surface area contributed by atoms with Gasteiger partial charge >= 0.3 is 0 Å². The van der Waals surface area contributed by atoms with Crippen molar-refractivity contribution >= 4 is 0 Å². The smallest absolute Gasteiger partial charge is 0.131 e. The lowest BCUT2D eigenvalue weighted by Crippen LogP contribution is -2.29. The molecule has 0 amide bonds. The maximum atomic E-state index is 13.8. The topological polar surface area (TPSA) is 55.5 Å². The van der Waals surface area contributed by atoms with E-state index in [0.717, 1.165) is 5.56 Å². The molecule has 0 radical (unpaired) electrons. The van der Waals surface area contributed by atoms with Crippen molar-refractivity contribution in [2.45, 2.75) is 25.5 Å². The maximum Gasteiger partial charge on any atom is 0.131 e. The molecular weight excluding hydrogens is 269 g/mol. The molecule has 4 heteroatoms. The van der Waals surface area contributed by atoms with Gasteiger partial charge in [-0.25, -0.2) is 4.39 Å². The number of ether oxygens (including phenoxy) is 1. The highest BCUT2D eigenvalue weighted by Gasteiger charge is 2.24. The molecule has 2 aromatic carbocycles. The first kappa shape index (κ1) is 15.5. The predicted molar refractivity (Wildman–Crippen MR) is 80.5 cm³/mol. The number of nitrogens with two attached hydrogens (primary N) is 1. The Morgan fingerprint density at radius 1 is 1.24 bits per heavy atom. The summed E-state index contributed by atoms with van der Waals surface area (Å²) in [5.41, 5.74) is 5.71. The van der Waals surface area contributed by atoms with Crippen LogP contribution < -0.4 is 10.5 Å². The Balaban J connectivity index is 2.08. The van der Waals surface area contributed by atoms with Crippen molar-refractivity contribution < 1.29 is 14.2 Å². The van der Waals surface area contributed by atoms with Gasteiger partial charge in [0.05, 0.1) is 0 Å². The molecule has 2 aromatic rings. The number of halogens is 1. The van der Waals surface area contributed by atoms with Crippen LogP contribution in [0.5, 0.6) is 5.75 Å². The van der Waals surface area contributed by atoms with Crippen molar-refractivity contribution in [2.75, 3.05) is 6.61 Å². The van der Waals surface area contributed by atoms with E-state index in [0.29, 0.717) is 11.3 Å². The molecule has 3 nitrogen and oxygen atoms in total. The van der Waals surface area contributed by atoms with Crippen molar-refractivity contribution in [3.8, 4) is 5.75 Å². The summed E-state index contributed by atoms with van der Waals surface area (Å²) in [6, 6.07) is 13.4. The molecule has 0 saturated carbocycles. The van der Waals surface area contributed by atoms with Crippen LogP contribution in [0.25, 0.3) is 0 Å². The first-order chi connectivity index (χ1) is 9.90. The van der Waals surface area contributed by atoms with Gasteiger partial charge in [0.25, 0.3) is 0 Å². The first-order valence-corrected chi connectivity index (χ1v) is 6.86. The molecule has 0 heterocycles. The van der Waals surface area contributed by atoms with Crippen LogP contribution in [0.1, 0.15) is 31.0 Å². The Morgan fingerprint density at radius 2 is 1.90 bits per heavy atom. The first-order valence-electron chi connectivity index (χ1n) is 6.86. The number of aliphatic hydroxyl groups is 1. The number of hydrogen-bond acceptors (Lipinski definition) is 3. The van der Waals surface area contributed by atoms with Gasteiger partial charge in [-0.05, 0) is 25.5 Å². The van der Waals surface area contributed by atoms with Gasteiger partial charge in [0.15, 0.2) is 0 Å². The van der Waals surface area contributed by atoms with E-state index in [4.69, 9.17) is 10.5 Å². The zero-order chi connectivity index (χ0) is 15.5. The molecule has 0 spiro atoms. The molecular formula is C17H20FNO2. The van der Waals surface area contributed by atoms with Crippen LogP contribution in [0.2, 0.25) is 0 Å². The van der Waals surface area contributed by atoms with E-state index in [1.54, 1.807) is 26.0 Å². The molecule has 0 aromatic heterocycles. The lowest BCUT2D eigenvalue weighted by Gasteiger charge is -2.24. The minimum absolute atomic E-state index is 0.0357. The summed E-state index contributed by atoms with van der Waals surface area (Å²) < 4.78 is 19.3. The van der Waals surface area contributed by atoms with Crippen LogP contribution in [-0.4, -0.2) is 11.7 Å². The minimum atomic E-state index is -1.14. The third-order valence-corrected chi connectivity index (χ3v) is 3.38. The summed E-state index contributed by atoms with van der Waals surface area (Å²) in [6.07, 6.45) is 0. The molecule has 1 unspecified atom stereocenters. The second kappa shape index (κ2) is 6.24. The van der Waals surface area contributed by atoms with Crippen LogP contribution in [0.15, 0.2) is 48.5 Å². The molecule has 2 rings (SSSR count). The lowest BCUT2D eigenvalue weighted by molar-refractivity contribution is 0.00749. The molecule has 0 saturated heterocycles. The summed E-state index contributed by atoms with van der Waals surface area (Å²) in [6.45, 7) is 3.42. The highest BCUT2D eigenvalue weighted by molar-refractivity contribution is 5.31. The largest absolute Gasteiger partial charge is 0.490 e. The fraction of sp³-hybridized carbons (Fsp3) is 0.294. The van der Waals surface area contributed by atoms with Crippen molar-refractivity contribution in [1.29, 1.82) is 0 Å². The fourth-order valence-electron chi connectivity index (χ4n) is 2.07. The number of benzene rings is 2. The maximum absolute atomic E-state index is 13.8. The van der Waals surface area contributed by atoms with Crippen LogP contribution in [-0.2, 0) is 5.60 Å². The van der Waals surface area contributed by atoms with Gasteiger partial charge in [-0.15, -0.1) is 0 Å². The molecule has 0 bridgehead atoms. The Kier molecular flexibility index (Phi) is 4.60. The third kappa shape index (κ3) is 3.80. The third-order valence-electron chi connectivity index (χ3n) is 3.38. The number of hydrogen-bond donors (Lipinski definition) is 2. The van der Waals surface area contributed by atoms with Gasteiger partial charge in [0.1, 0.15) is 23.8 Å². The van der Waals surface area contributed by atoms with E-state index in [1.165, 1.54) is 6.07 Å². The molecule has 112 valence electrons. The van der Waals surface area contributed by atoms with E-state index in [1.807, 2.05) is 30.3 Å². The van der Waals surface area contributed by atoms with Crippen LogP contribution in [0.4, 0.5) is 4.39 Å². The molecule has 2 atom stereocenters. The molecule has 0 aliphatic heterocycles. The van der Waals surface area contributed by atoms with E-state index >= 15 is 0 Å². The van der Waals surface area contributed by atoms with E-state index in [2.05, 4.69) is 0 Å². The summed E-state index contributed by atoms with van der Waals surface area (Å²) in [5, 5.41) is 10.4. The quantitative estimate of drug-likeness (QED) is 0.889. The second-order valence-electron chi connectivity index (χ2n) is 5.40. The van der Waals surface area contributed by atoms with Gasteiger partial charge in [-0.3, -0.25) is 0 Å². The van der Waals surface area contributed by atoms with E-state index in [-0.39, 0.29) is 12.6 Å². The monoisotopic (exact) mass is 289 g/mol. The van der Waals surface area contributed by atoms with Crippen LogP contribution in [0.3, 0.4) is 0 Å². The highest BCUT2D eigenvalue weighted by Crippen LogP contribution is 2.24. The Labute approximate surface area is 124 Å². The minimum Gasteiger partial charge on any atom is -0.490 e. The standard InChI is InChI=1S/C17H20FNO2/c1-12(19)15-9-8-14(10-16(15)18)21-11-17(2,20)13-6-4-3-5-7-13/h3-10,12,20H,11,19H2,1-2H3/t12-,17?/m0/s1. The van der Waals surface area contributed by atoms with Crippen molar-refractivity contribution in [1.82, 2.24) is 0 Å². The molecule has 0 aliphatic rings. The van der Waals surface area contributed by atoms with Gasteiger partial charge in [-0.2, -0.15) is 0 Å². The van der Waals surface area contributed by atoms with E-state index in [9.17, 15) is 9.50 Å². The van der Waals surface area contributed by atoms with Gasteiger partial charge in [-0.1, -0.05) is 36.4 Å². The zero-order valence-corrected chi connectivity index (χ0v) is 12.2. The van der Waals surface area contributed by atoms with Gasteiger partial charge in [0, 0.05) is 17.7 Å².